The Bertz CT molecular complexity index is 481. The molecule has 1 aromatic rings. The Labute approximate surface area is 115 Å². The van der Waals surface area contributed by atoms with Crippen molar-refractivity contribution < 1.29 is 19.1 Å². The van der Waals surface area contributed by atoms with Crippen LogP contribution in [0.25, 0.3) is 0 Å². The van der Waals surface area contributed by atoms with Gasteiger partial charge >= 0.3 is 11.9 Å². The number of rotatable bonds is 4. The number of nitrogens with one attached hydrogen (secondary N) is 1. The van der Waals surface area contributed by atoms with E-state index in [9.17, 15) is 9.59 Å². The molecule has 0 spiro atoms. The maximum Gasteiger partial charge on any atom is 0.350 e. The van der Waals surface area contributed by atoms with Crippen LogP contribution in [0.4, 0.5) is 5.69 Å². The van der Waals surface area contributed by atoms with E-state index < -0.39 is 17.7 Å². The molecular formula is C13H15NO4S. The van der Waals surface area contributed by atoms with Crippen LogP contribution in [0.5, 0.6) is 0 Å². The van der Waals surface area contributed by atoms with Gasteiger partial charge < -0.3 is 14.8 Å². The van der Waals surface area contributed by atoms with Gasteiger partial charge in [0.15, 0.2) is 5.57 Å². The number of cyclic esters (lactones) is 2. The van der Waals surface area contributed by atoms with E-state index in [2.05, 4.69) is 5.32 Å². The van der Waals surface area contributed by atoms with Gasteiger partial charge in [-0.05, 0) is 11.4 Å². The van der Waals surface area contributed by atoms with Crippen LogP contribution >= 0.6 is 11.3 Å². The molecule has 19 heavy (non-hydrogen) atoms. The van der Waals surface area contributed by atoms with Crippen LogP contribution in [0.3, 0.4) is 0 Å². The third kappa shape index (κ3) is 2.78. The van der Waals surface area contributed by atoms with Crippen molar-refractivity contribution in [2.75, 3.05) is 5.32 Å². The minimum Gasteiger partial charge on any atom is -0.419 e. The van der Waals surface area contributed by atoms with Gasteiger partial charge in [-0.15, -0.1) is 0 Å². The molecule has 1 N–H and O–H groups in total. The van der Waals surface area contributed by atoms with E-state index in [-0.39, 0.29) is 5.57 Å². The highest BCUT2D eigenvalue weighted by Gasteiger charge is 2.43. The lowest BCUT2D eigenvalue weighted by molar-refractivity contribution is -0.237. The summed E-state index contributed by atoms with van der Waals surface area (Å²) in [5.41, 5.74) is 0.685. The fourth-order valence-corrected chi connectivity index (χ4v) is 2.31. The fraction of sp³-hybridized carbons (Fsp3) is 0.385. The number of ether oxygens (including phenoxy) is 2. The van der Waals surface area contributed by atoms with Gasteiger partial charge in [-0.1, -0.05) is 13.8 Å². The average Bonchev–Trinajstić information content (AvgIpc) is 2.90. The number of esters is 2. The van der Waals surface area contributed by atoms with Gasteiger partial charge in [0.05, 0.1) is 0 Å². The van der Waals surface area contributed by atoms with Crippen LogP contribution in [0, 0.1) is 0 Å². The molecule has 2 rings (SSSR count). The minimum atomic E-state index is -1.12. The van der Waals surface area contributed by atoms with Crippen LogP contribution in [0.15, 0.2) is 28.6 Å². The summed E-state index contributed by atoms with van der Waals surface area (Å²) in [5.74, 6) is -2.42. The fourth-order valence-electron chi connectivity index (χ4n) is 1.71. The van der Waals surface area contributed by atoms with E-state index in [4.69, 9.17) is 9.47 Å². The average molecular weight is 281 g/mol. The van der Waals surface area contributed by atoms with E-state index in [1.807, 2.05) is 30.7 Å². The molecule has 5 nitrogen and oxygen atoms in total. The van der Waals surface area contributed by atoms with Crippen LogP contribution in [-0.2, 0) is 19.1 Å². The van der Waals surface area contributed by atoms with Gasteiger partial charge in [0.1, 0.15) is 0 Å². The third-order valence-corrected chi connectivity index (χ3v) is 3.66. The molecule has 6 heteroatoms. The minimum absolute atomic E-state index is 0.122. The molecule has 0 bridgehead atoms. The summed E-state index contributed by atoms with van der Waals surface area (Å²) in [6.07, 6.45) is 2.19. The smallest absolute Gasteiger partial charge is 0.350 e. The van der Waals surface area contributed by atoms with Crippen molar-refractivity contribution >= 4 is 29.0 Å². The standard InChI is InChI=1S/C13H15NO4S/c1-3-13(4-2)17-11(15)10(12(16)18-13)7-14-9-5-6-19-8-9/h5-8,14H,3-4H2,1-2H3. The second-order valence-electron chi connectivity index (χ2n) is 4.11. The predicted molar refractivity (Wildman–Crippen MR) is 71.5 cm³/mol. The van der Waals surface area contributed by atoms with Gasteiger partial charge in [-0.2, -0.15) is 11.3 Å². The molecule has 102 valence electrons. The molecule has 1 aliphatic rings. The molecule has 2 heterocycles. The van der Waals surface area contributed by atoms with E-state index in [0.29, 0.717) is 12.8 Å². The molecule has 1 fully saturated rings. The number of carbonyl (C=O) groups excluding carboxylic acids is 2. The van der Waals surface area contributed by atoms with Crippen LogP contribution in [0.1, 0.15) is 26.7 Å². The maximum atomic E-state index is 11.9. The van der Waals surface area contributed by atoms with Gasteiger partial charge in [-0.3, -0.25) is 0 Å². The Morgan fingerprint density at radius 2 is 1.89 bits per heavy atom. The van der Waals surface area contributed by atoms with Gasteiger partial charge in [0.25, 0.3) is 5.79 Å². The quantitative estimate of drug-likeness (QED) is 0.522. The topological polar surface area (TPSA) is 64.6 Å². The summed E-state index contributed by atoms with van der Waals surface area (Å²) in [6, 6.07) is 1.84. The SMILES string of the molecule is CCC1(CC)OC(=O)C(=CNc2ccsc2)C(=O)O1. The molecule has 1 aromatic heterocycles. The van der Waals surface area contributed by atoms with Crippen molar-refractivity contribution in [3.63, 3.8) is 0 Å². The zero-order valence-electron chi connectivity index (χ0n) is 10.8. The first-order valence-electron chi connectivity index (χ1n) is 6.06. The van der Waals surface area contributed by atoms with Crippen LogP contribution in [-0.4, -0.2) is 17.7 Å². The summed E-state index contributed by atoms with van der Waals surface area (Å²) in [6.45, 7) is 3.62. The molecule has 0 atom stereocenters. The predicted octanol–water partition coefficient (Wildman–Crippen LogP) is 2.66. The van der Waals surface area contributed by atoms with E-state index in [1.54, 1.807) is 0 Å². The number of carbonyl (C=O) groups is 2. The highest BCUT2D eigenvalue weighted by Crippen LogP contribution is 2.29. The maximum absolute atomic E-state index is 11.9. The summed E-state index contributed by atoms with van der Waals surface area (Å²) < 4.78 is 10.5. The molecule has 0 saturated carbocycles. The van der Waals surface area contributed by atoms with Crippen molar-refractivity contribution in [1.29, 1.82) is 0 Å². The summed E-state index contributed by atoms with van der Waals surface area (Å²) in [7, 11) is 0. The Morgan fingerprint density at radius 1 is 1.26 bits per heavy atom. The van der Waals surface area contributed by atoms with Crippen molar-refractivity contribution in [1.82, 2.24) is 0 Å². The lowest BCUT2D eigenvalue weighted by atomic mass is 10.1. The molecule has 0 amide bonds. The summed E-state index contributed by atoms with van der Waals surface area (Å²) in [4.78, 5) is 23.7. The normalized spacial score (nSPS) is 17.7. The largest absolute Gasteiger partial charge is 0.419 e. The van der Waals surface area contributed by atoms with Gasteiger partial charge in [-0.25, -0.2) is 9.59 Å². The van der Waals surface area contributed by atoms with Crippen molar-refractivity contribution in [3.05, 3.63) is 28.6 Å². The van der Waals surface area contributed by atoms with Crippen molar-refractivity contribution in [2.45, 2.75) is 32.5 Å². The highest BCUT2D eigenvalue weighted by atomic mass is 32.1. The number of anilines is 1. The summed E-state index contributed by atoms with van der Waals surface area (Å²) >= 11 is 1.51. The van der Waals surface area contributed by atoms with Gasteiger partial charge in [0, 0.05) is 30.1 Å². The molecule has 0 aliphatic carbocycles. The zero-order valence-corrected chi connectivity index (χ0v) is 11.6. The second kappa shape index (κ2) is 5.44. The Morgan fingerprint density at radius 3 is 2.37 bits per heavy atom. The zero-order chi connectivity index (χ0) is 13.9. The van der Waals surface area contributed by atoms with Crippen molar-refractivity contribution in [2.24, 2.45) is 0 Å². The lowest BCUT2D eigenvalue weighted by Crippen LogP contribution is -2.45. The van der Waals surface area contributed by atoms with Gasteiger partial charge in [0.2, 0.25) is 0 Å². The first-order valence-corrected chi connectivity index (χ1v) is 7.00. The van der Waals surface area contributed by atoms with Crippen LogP contribution in [0.2, 0.25) is 0 Å². The first kappa shape index (κ1) is 13.6. The van der Waals surface area contributed by atoms with E-state index >= 15 is 0 Å². The molecule has 1 aliphatic heterocycles. The second-order valence-corrected chi connectivity index (χ2v) is 4.89. The number of hydrogen-bond acceptors (Lipinski definition) is 6. The molecular weight excluding hydrogens is 266 g/mol. The Hall–Kier alpha value is -1.82. The molecule has 0 unspecified atom stereocenters. The Balaban J connectivity index is 2.14. The van der Waals surface area contributed by atoms with E-state index in [0.717, 1.165) is 5.69 Å². The monoisotopic (exact) mass is 281 g/mol. The molecule has 0 aromatic carbocycles. The van der Waals surface area contributed by atoms with Crippen molar-refractivity contribution in [3.8, 4) is 0 Å². The summed E-state index contributed by atoms with van der Waals surface area (Å²) in [5, 5.41) is 6.61. The first-order chi connectivity index (χ1) is 9.10. The third-order valence-electron chi connectivity index (χ3n) is 2.98. The highest BCUT2D eigenvalue weighted by molar-refractivity contribution is 7.08. The molecule has 0 radical (unpaired) electrons. The lowest BCUT2D eigenvalue weighted by Gasteiger charge is -2.34. The molecule has 1 saturated heterocycles. The Kier molecular flexibility index (Phi) is 3.90. The number of thiophene rings is 1. The van der Waals surface area contributed by atoms with E-state index in [1.165, 1.54) is 17.5 Å². The van der Waals surface area contributed by atoms with Crippen LogP contribution < -0.4 is 5.32 Å². The number of hydrogen-bond donors (Lipinski definition) is 1.